The van der Waals surface area contributed by atoms with E-state index in [4.69, 9.17) is 14.7 Å². The summed E-state index contributed by atoms with van der Waals surface area (Å²) in [4.78, 5) is 12.4. The Hall–Kier alpha value is -2.95. The molecule has 0 spiro atoms. The Morgan fingerprint density at radius 1 is 1.37 bits per heavy atom. The predicted molar refractivity (Wildman–Crippen MR) is 109 cm³/mol. The second kappa shape index (κ2) is 8.82. The van der Waals surface area contributed by atoms with Gasteiger partial charge in [0.15, 0.2) is 0 Å². The van der Waals surface area contributed by atoms with Crippen molar-refractivity contribution in [1.82, 2.24) is 10.6 Å². The lowest BCUT2D eigenvalue weighted by Crippen LogP contribution is -2.45. The van der Waals surface area contributed by atoms with Crippen LogP contribution in [-0.4, -0.2) is 37.7 Å². The first kappa shape index (κ1) is 20.3. The van der Waals surface area contributed by atoms with Crippen LogP contribution in [-0.2, 0) is 22.6 Å². The Morgan fingerprint density at radius 2 is 2.23 bits per heavy atom. The van der Waals surface area contributed by atoms with Crippen molar-refractivity contribution >= 4 is 5.91 Å². The third-order valence-corrected chi connectivity index (χ3v) is 5.41. The fourth-order valence-electron chi connectivity index (χ4n) is 3.88. The maximum atomic E-state index is 14.9. The van der Waals surface area contributed by atoms with Crippen LogP contribution in [0.4, 0.5) is 4.39 Å². The van der Waals surface area contributed by atoms with Crippen molar-refractivity contribution in [2.45, 2.75) is 38.5 Å². The Labute approximate surface area is 175 Å². The second-order valence-electron chi connectivity index (χ2n) is 7.74. The molecule has 6 nitrogen and oxygen atoms in total. The smallest absolute Gasteiger partial charge is 0.250 e. The standard InChI is InChI=1S/C23H24FN3O3/c1-14(27-23(28)22-12-26-5-2-6-29-22)7-16-9-21-19(10-20(16)24)18-4-3-15(11-25)8-17(18)13-30-21/h3-4,8-10,14,22,26H,2,5-7,12-13H2,1H3,(H,27,28)/t14-,22+/m1/s1. The number of halogens is 1. The number of nitriles is 1. The number of hydrogen-bond acceptors (Lipinski definition) is 5. The summed E-state index contributed by atoms with van der Waals surface area (Å²) < 4.78 is 26.3. The zero-order valence-electron chi connectivity index (χ0n) is 16.8. The molecule has 2 atom stereocenters. The van der Waals surface area contributed by atoms with Crippen LogP contribution in [0.5, 0.6) is 5.75 Å². The summed E-state index contributed by atoms with van der Waals surface area (Å²) >= 11 is 0. The van der Waals surface area contributed by atoms with E-state index in [9.17, 15) is 9.18 Å². The Balaban J connectivity index is 1.48. The number of nitrogens with one attached hydrogen (secondary N) is 2. The highest BCUT2D eigenvalue weighted by molar-refractivity contribution is 5.81. The van der Waals surface area contributed by atoms with Crippen LogP contribution >= 0.6 is 0 Å². The third kappa shape index (κ3) is 4.30. The number of amides is 1. The molecule has 0 radical (unpaired) electrons. The van der Waals surface area contributed by atoms with Crippen LogP contribution in [0, 0.1) is 17.1 Å². The van der Waals surface area contributed by atoms with Gasteiger partial charge in [-0.05, 0) is 67.3 Å². The molecule has 2 aromatic carbocycles. The summed E-state index contributed by atoms with van der Waals surface area (Å²) in [7, 11) is 0. The van der Waals surface area contributed by atoms with Gasteiger partial charge in [0, 0.05) is 24.8 Å². The topological polar surface area (TPSA) is 83.4 Å². The molecular weight excluding hydrogens is 385 g/mol. The highest BCUT2D eigenvalue weighted by Crippen LogP contribution is 2.39. The van der Waals surface area contributed by atoms with E-state index in [0.29, 0.717) is 48.6 Å². The highest BCUT2D eigenvalue weighted by atomic mass is 19.1. The van der Waals surface area contributed by atoms with E-state index in [-0.39, 0.29) is 17.8 Å². The molecule has 0 saturated carbocycles. The molecule has 1 amide bonds. The van der Waals surface area contributed by atoms with Gasteiger partial charge >= 0.3 is 0 Å². The molecule has 156 valence electrons. The summed E-state index contributed by atoms with van der Waals surface area (Å²) in [6, 6.07) is 10.4. The van der Waals surface area contributed by atoms with Gasteiger partial charge in [-0.3, -0.25) is 4.79 Å². The molecule has 2 N–H and O–H groups in total. The minimum Gasteiger partial charge on any atom is -0.488 e. The number of benzene rings is 2. The van der Waals surface area contributed by atoms with E-state index < -0.39 is 6.10 Å². The van der Waals surface area contributed by atoms with Gasteiger partial charge < -0.3 is 20.1 Å². The van der Waals surface area contributed by atoms with E-state index in [2.05, 4.69) is 16.7 Å². The third-order valence-electron chi connectivity index (χ3n) is 5.41. The number of hydrogen-bond donors (Lipinski definition) is 2. The van der Waals surface area contributed by atoms with Gasteiger partial charge in [-0.15, -0.1) is 0 Å². The van der Waals surface area contributed by atoms with E-state index in [1.165, 1.54) is 6.07 Å². The van der Waals surface area contributed by atoms with Crippen LogP contribution in [0.25, 0.3) is 11.1 Å². The minimum absolute atomic E-state index is 0.186. The normalized spacial score (nSPS) is 18.8. The molecular formula is C23H24FN3O3. The van der Waals surface area contributed by atoms with Crippen LogP contribution in [0.15, 0.2) is 30.3 Å². The van der Waals surface area contributed by atoms with Crippen molar-refractivity contribution < 1.29 is 18.7 Å². The first-order chi connectivity index (χ1) is 14.5. The lowest BCUT2D eigenvalue weighted by Gasteiger charge is -2.23. The molecule has 4 rings (SSSR count). The second-order valence-corrected chi connectivity index (χ2v) is 7.74. The summed E-state index contributed by atoms with van der Waals surface area (Å²) in [6.07, 6.45) is 0.691. The van der Waals surface area contributed by atoms with Crippen LogP contribution in [0.3, 0.4) is 0 Å². The van der Waals surface area contributed by atoms with Crippen LogP contribution in [0.1, 0.15) is 30.0 Å². The Bertz CT molecular complexity index is 994. The van der Waals surface area contributed by atoms with Gasteiger partial charge in [0.25, 0.3) is 5.91 Å². The number of carbonyl (C=O) groups excluding carboxylic acids is 1. The summed E-state index contributed by atoms with van der Waals surface area (Å²) in [6.45, 7) is 4.04. The summed E-state index contributed by atoms with van der Waals surface area (Å²) in [5.41, 5.74) is 3.46. The molecule has 2 heterocycles. The molecule has 1 fully saturated rings. The minimum atomic E-state index is -0.526. The number of ether oxygens (including phenoxy) is 2. The molecule has 1 saturated heterocycles. The summed E-state index contributed by atoms with van der Waals surface area (Å²) in [5, 5.41) is 15.2. The SMILES string of the molecule is C[C@H](Cc1cc2c(cc1F)-c1ccc(C#N)cc1CO2)NC(=O)[C@@H]1CNCCCO1. The van der Waals surface area contributed by atoms with Gasteiger partial charge in [0.05, 0.1) is 11.6 Å². The molecule has 2 aliphatic rings. The predicted octanol–water partition coefficient (Wildman–Crippen LogP) is 2.68. The first-order valence-electron chi connectivity index (χ1n) is 10.2. The monoisotopic (exact) mass is 409 g/mol. The van der Waals surface area contributed by atoms with E-state index in [1.54, 1.807) is 18.2 Å². The maximum absolute atomic E-state index is 14.9. The Kier molecular flexibility index (Phi) is 5.98. The highest BCUT2D eigenvalue weighted by Gasteiger charge is 2.24. The van der Waals surface area contributed by atoms with Crippen molar-refractivity contribution in [3.05, 3.63) is 52.8 Å². The molecule has 0 aliphatic carbocycles. The lowest BCUT2D eigenvalue weighted by atomic mass is 9.93. The Morgan fingerprint density at radius 3 is 3.07 bits per heavy atom. The number of rotatable bonds is 4. The largest absolute Gasteiger partial charge is 0.488 e. The van der Waals surface area contributed by atoms with Crippen molar-refractivity contribution in [3.8, 4) is 22.9 Å². The van der Waals surface area contributed by atoms with Crippen molar-refractivity contribution in [2.24, 2.45) is 0 Å². The van der Waals surface area contributed by atoms with Crippen molar-refractivity contribution in [2.75, 3.05) is 19.7 Å². The van der Waals surface area contributed by atoms with Gasteiger partial charge in [-0.2, -0.15) is 5.26 Å². The lowest BCUT2D eigenvalue weighted by molar-refractivity contribution is -0.132. The molecule has 2 aliphatic heterocycles. The van der Waals surface area contributed by atoms with Crippen LogP contribution in [0.2, 0.25) is 0 Å². The van der Waals surface area contributed by atoms with E-state index in [1.807, 2.05) is 13.0 Å². The molecule has 2 aromatic rings. The van der Waals surface area contributed by atoms with E-state index in [0.717, 1.165) is 24.1 Å². The fourth-order valence-corrected chi connectivity index (χ4v) is 3.88. The molecule has 0 bridgehead atoms. The average Bonchev–Trinajstić information content (AvgIpc) is 3.03. The van der Waals surface area contributed by atoms with Gasteiger partial charge in [0.1, 0.15) is 24.3 Å². The number of nitrogens with zero attached hydrogens (tertiary/aromatic N) is 1. The molecule has 30 heavy (non-hydrogen) atoms. The zero-order valence-corrected chi connectivity index (χ0v) is 16.8. The zero-order chi connectivity index (χ0) is 21.1. The molecule has 0 aromatic heterocycles. The number of fused-ring (bicyclic) bond motifs is 3. The molecule has 0 unspecified atom stereocenters. The van der Waals surface area contributed by atoms with Crippen molar-refractivity contribution in [1.29, 1.82) is 5.26 Å². The first-order valence-corrected chi connectivity index (χ1v) is 10.2. The maximum Gasteiger partial charge on any atom is 0.250 e. The number of carbonyl (C=O) groups is 1. The van der Waals surface area contributed by atoms with E-state index >= 15 is 0 Å². The average molecular weight is 409 g/mol. The van der Waals surface area contributed by atoms with Crippen LogP contribution < -0.4 is 15.4 Å². The molecule has 7 heteroatoms. The van der Waals surface area contributed by atoms with Gasteiger partial charge in [-0.1, -0.05) is 6.07 Å². The quantitative estimate of drug-likeness (QED) is 0.811. The van der Waals surface area contributed by atoms with Gasteiger partial charge in [0.2, 0.25) is 0 Å². The van der Waals surface area contributed by atoms with Crippen molar-refractivity contribution in [3.63, 3.8) is 0 Å². The van der Waals surface area contributed by atoms with Gasteiger partial charge in [-0.25, -0.2) is 4.39 Å². The summed E-state index contributed by atoms with van der Waals surface area (Å²) in [5.74, 6) is 0.0789. The fraction of sp³-hybridized carbons (Fsp3) is 0.391.